The van der Waals surface area contributed by atoms with E-state index in [0.717, 1.165) is 55.4 Å². The van der Waals surface area contributed by atoms with Crippen molar-refractivity contribution >= 4 is 44.9 Å². The highest BCUT2D eigenvalue weighted by Gasteiger charge is 2.34. The molecule has 12 heteroatoms. The number of alkyl halides is 3. The van der Waals surface area contributed by atoms with Crippen LogP contribution in [-0.2, 0) is 10.9 Å². The van der Waals surface area contributed by atoms with Crippen LogP contribution in [0, 0.1) is 0 Å². The van der Waals surface area contributed by atoms with E-state index >= 15 is 0 Å². The number of anilines is 4. The molecule has 1 aromatic heterocycles. The maximum atomic E-state index is 13.6. The summed E-state index contributed by atoms with van der Waals surface area (Å²) in [4.78, 5) is 22.1. The minimum atomic E-state index is -4.55. The second-order valence-corrected chi connectivity index (χ2v) is 10.1. The van der Waals surface area contributed by atoms with Gasteiger partial charge in [-0.3, -0.25) is 0 Å². The quantitative estimate of drug-likeness (QED) is 0.403. The van der Waals surface area contributed by atoms with Gasteiger partial charge in [0.05, 0.1) is 23.5 Å². The highest BCUT2D eigenvalue weighted by atomic mass is 79.9. The van der Waals surface area contributed by atoms with Gasteiger partial charge in [0, 0.05) is 68.2 Å². The Kier molecular flexibility index (Phi) is 9.01. The first kappa shape index (κ1) is 27.3. The van der Waals surface area contributed by atoms with Crippen LogP contribution in [-0.4, -0.2) is 80.3 Å². The minimum Gasteiger partial charge on any atom is -0.449 e. The molecule has 2 aliphatic rings. The molecule has 0 atom stereocenters. The number of amides is 1. The number of nitrogens with zero attached hydrogens (tertiary/aromatic N) is 4. The lowest BCUT2D eigenvalue weighted by molar-refractivity contribution is -0.137. The Labute approximate surface area is 223 Å². The Bertz CT molecular complexity index is 1080. The van der Waals surface area contributed by atoms with Gasteiger partial charge in [-0.1, -0.05) is 0 Å². The number of piperazine rings is 1. The van der Waals surface area contributed by atoms with Crippen LogP contribution >= 0.6 is 15.9 Å². The van der Waals surface area contributed by atoms with Gasteiger partial charge in [0.15, 0.2) is 0 Å². The molecule has 1 aromatic carbocycles. The van der Waals surface area contributed by atoms with Crippen LogP contribution in [0.4, 0.5) is 40.8 Å². The summed E-state index contributed by atoms with van der Waals surface area (Å²) in [6.45, 7) is 5.53. The molecule has 0 unspecified atom stereocenters. The summed E-state index contributed by atoms with van der Waals surface area (Å²) in [5, 5.41) is 6.01. The number of cyclic esters (lactones) is 1. The fourth-order valence-corrected chi connectivity index (χ4v) is 4.81. The van der Waals surface area contributed by atoms with Crippen LogP contribution in [0.25, 0.3) is 0 Å². The highest BCUT2D eigenvalue weighted by molar-refractivity contribution is 9.10. The number of likely N-dealkylation sites (N-methyl/N-ethyl adjacent to an activating group) is 1. The van der Waals surface area contributed by atoms with Crippen molar-refractivity contribution in [2.24, 2.45) is 0 Å². The predicted molar refractivity (Wildman–Crippen MR) is 142 cm³/mol. The molecule has 1 amide bonds. The van der Waals surface area contributed by atoms with Crippen molar-refractivity contribution in [2.75, 3.05) is 75.0 Å². The fourth-order valence-electron chi connectivity index (χ4n) is 4.34. The van der Waals surface area contributed by atoms with Crippen molar-refractivity contribution in [2.45, 2.75) is 25.4 Å². The standard InChI is InChI=1S/C25H32BrF3N6O2/c1-33-10-12-34(13-11-33)18-5-6-21(20(26)15-18)32-23-16-22(19(17-31-23)25(27,28)29)30-7-4-9-35-8-2-3-14-37-24(35)36/h5-6,15-17H,2-4,7-14H2,1H3,(H2,30,31,32). The number of pyridine rings is 1. The number of nitrogens with one attached hydrogen (secondary N) is 2. The number of aromatic nitrogens is 1. The third kappa shape index (κ3) is 7.41. The molecule has 0 radical (unpaired) electrons. The molecule has 2 N–H and O–H groups in total. The number of benzene rings is 1. The van der Waals surface area contributed by atoms with Gasteiger partial charge in [-0.05, 0) is 60.4 Å². The number of ether oxygens (including phenoxy) is 1. The van der Waals surface area contributed by atoms with E-state index < -0.39 is 11.7 Å². The summed E-state index contributed by atoms with van der Waals surface area (Å²) >= 11 is 3.58. The summed E-state index contributed by atoms with van der Waals surface area (Å²) in [6.07, 6.45) is -1.93. The molecule has 2 saturated heterocycles. The average Bonchev–Trinajstić information content (AvgIpc) is 3.07. The summed E-state index contributed by atoms with van der Waals surface area (Å²) in [5.41, 5.74) is 0.891. The van der Waals surface area contributed by atoms with Crippen molar-refractivity contribution in [1.82, 2.24) is 14.8 Å². The smallest absolute Gasteiger partial charge is 0.419 e. The lowest BCUT2D eigenvalue weighted by Crippen LogP contribution is -2.44. The highest BCUT2D eigenvalue weighted by Crippen LogP contribution is 2.37. The van der Waals surface area contributed by atoms with E-state index in [0.29, 0.717) is 37.6 Å². The molecule has 0 bridgehead atoms. The number of rotatable bonds is 8. The van der Waals surface area contributed by atoms with E-state index in [1.807, 2.05) is 18.2 Å². The summed E-state index contributed by atoms with van der Waals surface area (Å²) < 4.78 is 46.8. The Balaban J connectivity index is 1.41. The molecule has 202 valence electrons. The van der Waals surface area contributed by atoms with Gasteiger partial charge >= 0.3 is 12.3 Å². The van der Waals surface area contributed by atoms with Crippen LogP contribution in [0.2, 0.25) is 0 Å². The predicted octanol–water partition coefficient (Wildman–Crippen LogP) is 5.39. The molecule has 0 aliphatic carbocycles. The second kappa shape index (κ2) is 12.2. The Morgan fingerprint density at radius 2 is 1.86 bits per heavy atom. The normalized spacial score (nSPS) is 17.4. The average molecular weight is 585 g/mol. The summed E-state index contributed by atoms with van der Waals surface area (Å²) in [5.74, 6) is 0.291. The first-order chi connectivity index (χ1) is 17.7. The molecule has 4 rings (SSSR count). The Hall–Kier alpha value is -2.73. The second-order valence-electron chi connectivity index (χ2n) is 9.28. The van der Waals surface area contributed by atoms with Crippen molar-refractivity contribution < 1.29 is 22.7 Å². The Morgan fingerprint density at radius 3 is 2.59 bits per heavy atom. The third-order valence-electron chi connectivity index (χ3n) is 6.52. The van der Waals surface area contributed by atoms with Gasteiger partial charge in [0.2, 0.25) is 0 Å². The molecule has 8 nitrogen and oxygen atoms in total. The lowest BCUT2D eigenvalue weighted by atomic mass is 10.2. The van der Waals surface area contributed by atoms with Gasteiger partial charge in [-0.25, -0.2) is 9.78 Å². The van der Waals surface area contributed by atoms with Gasteiger partial charge < -0.3 is 30.1 Å². The molecular formula is C25H32BrF3N6O2. The minimum absolute atomic E-state index is 0.0615. The summed E-state index contributed by atoms with van der Waals surface area (Å²) in [6, 6.07) is 7.26. The maximum Gasteiger partial charge on any atom is 0.419 e. The molecule has 3 heterocycles. The topological polar surface area (TPSA) is 73.0 Å². The fraction of sp³-hybridized carbons (Fsp3) is 0.520. The molecule has 2 aromatic rings. The van der Waals surface area contributed by atoms with E-state index in [2.05, 4.69) is 48.4 Å². The van der Waals surface area contributed by atoms with Crippen molar-refractivity contribution in [3.63, 3.8) is 0 Å². The SMILES string of the molecule is CN1CCN(c2ccc(Nc3cc(NCCCN4CCCCOC4=O)c(C(F)(F)F)cn3)c(Br)c2)CC1. The summed E-state index contributed by atoms with van der Waals surface area (Å²) in [7, 11) is 2.10. The zero-order valence-corrected chi connectivity index (χ0v) is 22.4. The third-order valence-corrected chi connectivity index (χ3v) is 7.18. The molecule has 2 aliphatic heterocycles. The van der Waals surface area contributed by atoms with Crippen LogP contribution in [0.1, 0.15) is 24.8 Å². The monoisotopic (exact) mass is 584 g/mol. The van der Waals surface area contributed by atoms with Gasteiger partial charge in [-0.15, -0.1) is 0 Å². The number of halogens is 4. The van der Waals surface area contributed by atoms with Crippen molar-refractivity contribution in [3.8, 4) is 0 Å². The van der Waals surface area contributed by atoms with E-state index in [1.54, 1.807) is 4.90 Å². The zero-order valence-electron chi connectivity index (χ0n) is 20.8. The number of hydrogen-bond donors (Lipinski definition) is 2. The first-order valence-electron chi connectivity index (χ1n) is 12.4. The van der Waals surface area contributed by atoms with Gasteiger partial charge in [0.25, 0.3) is 0 Å². The van der Waals surface area contributed by atoms with Crippen molar-refractivity contribution in [3.05, 3.63) is 40.5 Å². The number of carbonyl (C=O) groups excluding carboxylic acids is 1. The molecule has 2 fully saturated rings. The van der Waals surface area contributed by atoms with Crippen LogP contribution < -0.4 is 15.5 Å². The molecule has 0 saturated carbocycles. The lowest BCUT2D eigenvalue weighted by Gasteiger charge is -2.34. The van der Waals surface area contributed by atoms with Crippen molar-refractivity contribution in [1.29, 1.82) is 0 Å². The van der Waals surface area contributed by atoms with E-state index in [9.17, 15) is 18.0 Å². The molecular weight excluding hydrogens is 553 g/mol. The van der Waals surface area contributed by atoms with Crippen LogP contribution in [0.15, 0.2) is 34.9 Å². The number of hydrogen-bond acceptors (Lipinski definition) is 7. The number of carbonyl (C=O) groups is 1. The molecule has 0 spiro atoms. The largest absolute Gasteiger partial charge is 0.449 e. The molecule has 37 heavy (non-hydrogen) atoms. The first-order valence-corrected chi connectivity index (χ1v) is 13.2. The Morgan fingerprint density at radius 1 is 1.08 bits per heavy atom. The van der Waals surface area contributed by atoms with Gasteiger partial charge in [0.1, 0.15) is 5.82 Å². The van der Waals surface area contributed by atoms with E-state index in [1.165, 1.54) is 6.07 Å². The zero-order chi connectivity index (χ0) is 26.4. The van der Waals surface area contributed by atoms with Crippen LogP contribution in [0.5, 0.6) is 0 Å². The maximum absolute atomic E-state index is 13.6. The van der Waals surface area contributed by atoms with Crippen LogP contribution in [0.3, 0.4) is 0 Å². The van der Waals surface area contributed by atoms with Gasteiger partial charge in [-0.2, -0.15) is 13.2 Å². The van der Waals surface area contributed by atoms with E-state index in [4.69, 9.17) is 4.74 Å². The van der Waals surface area contributed by atoms with E-state index in [-0.39, 0.29) is 18.3 Å².